The van der Waals surface area contributed by atoms with Crippen LogP contribution in [0.3, 0.4) is 0 Å². The number of halogens is 2. The Morgan fingerprint density at radius 2 is 1.78 bits per heavy atom. The molecule has 0 fully saturated rings. The zero-order valence-corrected chi connectivity index (χ0v) is 16.8. The monoisotopic (exact) mass is 399 g/mol. The minimum Gasteiger partial charge on any atom is -0.318 e. The maximum Gasteiger partial charge on any atom is 0.271 e. The molecule has 6 heteroatoms. The number of benzene rings is 2. The van der Waals surface area contributed by atoms with Crippen molar-refractivity contribution in [2.24, 2.45) is 5.10 Å². The van der Waals surface area contributed by atoms with Gasteiger partial charge in [0.05, 0.1) is 6.21 Å². The molecule has 3 aromatic rings. The Hall–Kier alpha value is -2.56. The highest BCUT2D eigenvalue weighted by Gasteiger charge is 2.12. The van der Waals surface area contributed by atoms with Gasteiger partial charge in [0, 0.05) is 38.2 Å². The van der Waals surface area contributed by atoms with Crippen molar-refractivity contribution in [2.75, 3.05) is 0 Å². The first-order chi connectivity index (χ1) is 12.9. The lowest BCUT2D eigenvalue weighted by Crippen LogP contribution is -2.17. The molecule has 0 saturated carbocycles. The van der Waals surface area contributed by atoms with Crippen LogP contribution in [-0.2, 0) is 0 Å². The second kappa shape index (κ2) is 7.99. The summed E-state index contributed by atoms with van der Waals surface area (Å²) >= 11 is 12.1. The Morgan fingerprint density at radius 1 is 1.07 bits per heavy atom. The average molecular weight is 400 g/mol. The van der Waals surface area contributed by atoms with E-state index >= 15 is 0 Å². The van der Waals surface area contributed by atoms with Crippen molar-refractivity contribution in [3.05, 3.63) is 86.7 Å². The number of hydrazone groups is 1. The fraction of sp³-hybridized carbons (Fsp3) is 0.143. The Bertz CT molecular complexity index is 1020. The van der Waals surface area contributed by atoms with E-state index in [1.165, 1.54) is 0 Å². The van der Waals surface area contributed by atoms with Gasteiger partial charge >= 0.3 is 0 Å². The number of nitrogens with zero attached hydrogens (tertiary/aromatic N) is 2. The predicted molar refractivity (Wildman–Crippen MR) is 112 cm³/mol. The fourth-order valence-corrected chi connectivity index (χ4v) is 3.25. The molecule has 0 unspecified atom stereocenters. The van der Waals surface area contributed by atoms with Crippen LogP contribution >= 0.6 is 23.2 Å². The summed E-state index contributed by atoms with van der Waals surface area (Å²) in [6.07, 6.45) is 1.65. The van der Waals surface area contributed by atoms with E-state index in [-0.39, 0.29) is 5.91 Å². The molecule has 1 N–H and O–H groups in total. The van der Waals surface area contributed by atoms with Gasteiger partial charge in [-0.1, -0.05) is 29.3 Å². The number of carbonyl (C=O) groups excluding carboxylic acids is 1. The van der Waals surface area contributed by atoms with Crippen molar-refractivity contribution < 1.29 is 4.79 Å². The van der Waals surface area contributed by atoms with Crippen LogP contribution in [0.1, 0.15) is 32.9 Å². The standard InChI is InChI=1S/C21H19Cl2N3O/c1-13-11-17(12-24-25-21(27)16-7-9-18(22)10-8-16)15(3)26(13)20-6-4-5-19(23)14(20)2/h4-12H,1-3H3,(H,25,27)/b24-12-. The fourth-order valence-electron chi connectivity index (χ4n) is 2.95. The number of rotatable bonds is 4. The smallest absolute Gasteiger partial charge is 0.271 e. The molecule has 3 rings (SSSR count). The first-order valence-electron chi connectivity index (χ1n) is 8.42. The van der Waals surface area contributed by atoms with Gasteiger partial charge in [0.25, 0.3) is 5.91 Å². The third-order valence-electron chi connectivity index (χ3n) is 4.43. The van der Waals surface area contributed by atoms with Gasteiger partial charge in [-0.2, -0.15) is 5.10 Å². The zero-order valence-electron chi connectivity index (χ0n) is 15.3. The van der Waals surface area contributed by atoms with E-state index in [2.05, 4.69) is 15.1 Å². The SMILES string of the molecule is Cc1c(Cl)cccc1-n1c(C)cc(/C=N\NC(=O)c2ccc(Cl)cc2)c1C. The van der Waals surface area contributed by atoms with Gasteiger partial charge in [-0.25, -0.2) is 5.43 Å². The molecule has 27 heavy (non-hydrogen) atoms. The van der Waals surface area contributed by atoms with Gasteiger partial charge in [0.15, 0.2) is 0 Å². The minimum atomic E-state index is -0.289. The van der Waals surface area contributed by atoms with E-state index in [9.17, 15) is 4.79 Å². The Morgan fingerprint density at radius 3 is 2.48 bits per heavy atom. The molecule has 1 amide bonds. The highest BCUT2D eigenvalue weighted by molar-refractivity contribution is 6.31. The van der Waals surface area contributed by atoms with Crippen LogP contribution < -0.4 is 5.43 Å². The van der Waals surface area contributed by atoms with E-state index in [1.807, 2.05) is 45.0 Å². The summed E-state index contributed by atoms with van der Waals surface area (Å²) < 4.78 is 2.13. The van der Waals surface area contributed by atoms with Crippen LogP contribution in [0.25, 0.3) is 5.69 Å². The molecule has 0 aliphatic heterocycles. The summed E-state index contributed by atoms with van der Waals surface area (Å²) in [4.78, 5) is 12.1. The molecule has 2 aromatic carbocycles. The van der Waals surface area contributed by atoms with Crippen LogP contribution in [0.5, 0.6) is 0 Å². The van der Waals surface area contributed by atoms with E-state index in [0.717, 1.165) is 33.2 Å². The Labute approximate surface area is 168 Å². The van der Waals surface area contributed by atoms with Gasteiger partial charge in [0.1, 0.15) is 0 Å². The van der Waals surface area contributed by atoms with Crippen molar-refractivity contribution in [3.8, 4) is 5.69 Å². The topological polar surface area (TPSA) is 46.4 Å². The van der Waals surface area contributed by atoms with Crippen LogP contribution in [-0.4, -0.2) is 16.7 Å². The molecule has 1 heterocycles. The molecule has 138 valence electrons. The molecule has 0 saturated heterocycles. The lowest BCUT2D eigenvalue weighted by Gasteiger charge is -2.13. The first-order valence-corrected chi connectivity index (χ1v) is 9.17. The second-order valence-electron chi connectivity index (χ2n) is 6.25. The first kappa shape index (κ1) is 19.2. The maximum absolute atomic E-state index is 12.1. The zero-order chi connectivity index (χ0) is 19.6. The summed E-state index contributed by atoms with van der Waals surface area (Å²) in [5, 5.41) is 5.40. The molecular weight excluding hydrogens is 381 g/mol. The van der Waals surface area contributed by atoms with Gasteiger partial charge < -0.3 is 4.57 Å². The van der Waals surface area contributed by atoms with Gasteiger partial charge in [0.2, 0.25) is 0 Å². The number of hydrogen-bond donors (Lipinski definition) is 1. The van der Waals surface area contributed by atoms with E-state index in [4.69, 9.17) is 23.2 Å². The minimum absolute atomic E-state index is 0.289. The third kappa shape index (κ3) is 4.07. The molecule has 0 atom stereocenters. The number of nitrogens with one attached hydrogen (secondary N) is 1. The molecule has 1 aromatic heterocycles. The van der Waals surface area contributed by atoms with Crippen LogP contribution in [0.2, 0.25) is 10.0 Å². The maximum atomic E-state index is 12.1. The lowest BCUT2D eigenvalue weighted by atomic mass is 10.2. The van der Waals surface area contributed by atoms with Crippen molar-refractivity contribution in [1.29, 1.82) is 0 Å². The summed E-state index contributed by atoms with van der Waals surface area (Å²) in [5.74, 6) is -0.289. The average Bonchev–Trinajstić information content (AvgIpc) is 2.92. The van der Waals surface area contributed by atoms with Gasteiger partial charge in [-0.3, -0.25) is 4.79 Å². The van der Waals surface area contributed by atoms with Gasteiger partial charge in [-0.05, 0) is 68.8 Å². The number of amides is 1. The highest BCUT2D eigenvalue weighted by Crippen LogP contribution is 2.26. The second-order valence-corrected chi connectivity index (χ2v) is 7.10. The Balaban J connectivity index is 1.82. The molecule has 0 bridgehead atoms. The van der Waals surface area contributed by atoms with Crippen LogP contribution in [0.15, 0.2) is 53.6 Å². The molecule has 0 aliphatic carbocycles. The molecule has 4 nitrogen and oxygen atoms in total. The summed E-state index contributed by atoms with van der Waals surface area (Å²) in [5.41, 5.74) is 8.08. The van der Waals surface area contributed by atoms with E-state index in [1.54, 1.807) is 30.5 Å². The van der Waals surface area contributed by atoms with Crippen LogP contribution in [0.4, 0.5) is 0 Å². The predicted octanol–water partition coefficient (Wildman–Crippen LogP) is 5.47. The Kier molecular flexibility index (Phi) is 5.68. The summed E-state index contributed by atoms with van der Waals surface area (Å²) in [7, 11) is 0. The van der Waals surface area contributed by atoms with Gasteiger partial charge in [-0.15, -0.1) is 0 Å². The van der Waals surface area contributed by atoms with Crippen molar-refractivity contribution in [2.45, 2.75) is 20.8 Å². The third-order valence-corrected chi connectivity index (χ3v) is 5.09. The van der Waals surface area contributed by atoms with Crippen molar-refractivity contribution in [1.82, 2.24) is 9.99 Å². The van der Waals surface area contributed by atoms with E-state index in [0.29, 0.717) is 10.6 Å². The van der Waals surface area contributed by atoms with E-state index < -0.39 is 0 Å². The van der Waals surface area contributed by atoms with Crippen molar-refractivity contribution in [3.63, 3.8) is 0 Å². The molecule has 0 radical (unpaired) electrons. The molecule has 0 aliphatic rings. The van der Waals surface area contributed by atoms with Crippen molar-refractivity contribution >= 4 is 35.3 Å². The number of aromatic nitrogens is 1. The summed E-state index contributed by atoms with van der Waals surface area (Å²) in [6.45, 7) is 6.03. The summed E-state index contributed by atoms with van der Waals surface area (Å²) in [6, 6.07) is 14.5. The lowest BCUT2D eigenvalue weighted by molar-refractivity contribution is 0.0955. The number of carbonyl (C=O) groups is 1. The quantitative estimate of drug-likeness (QED) is 0.458. The highest BCUT2D eigenvalue weighted by atomic mass is 35.5. The molecular formula is C21H19Cl2N3O. The largest absolute Gasteiger partial charge is 0.318 e. The number of hydrogen-bond acceptors (Lipinski definition) is 2. The number of aryl methyl sites for hydroxylation is 1. The normalized spacial score (nSPS) is 11.1. The molecule has 0 spiro atoms. The van der Waals surface area contributed by atoms with Crippen LogP contribution in [0, 0.1) is 20.8 Å².